The van der Waals surface area contributed by atoms with Crippen molar-refractivity contribution in [1.82, 2.24) is 19.9 Å². The highest BCUT2D eigenvalue weighted by Crippen LogP contribution is 2.31. The number of hydrogen-bond donors (Lipinski definition) is 0. The Hall–Kier alpha value is -3.63. The average Bonchev–Trinajstić information content (AvgIpc) is 2.80. The molecule has 138 valence electrons. The van der Waals surface area contributed by atoms with E-state index in [4.69, 9.17) is 26.6 Å². The number of hydrogen-bond acceptors (Lipinski definition) is 4. The number of halogens is 1. The summed E-state index contributed by atoms with van der Waals surface area (Å²) in [7, 11) is 0. The molecule has 5 rings (SSSR count). The lowest BCUT2D eigenvalue weighted by molar-refractivity contribution is 1.07. The van der Waals surface area contributed by atoms with Crippen LogP contribution < -0.4 is 0 Å². The van der Waals surface area contributed by atoms with Crippen molar-refractivity contribution in [3.8, 4) is 34.2 Å². The van der Waals surface area contributed by atoms with Crippen LogP contribution in [-0.4, -0.2) is 19.9 Å². The van der Waals surface area contributed by atoms with E-state index in [1.807, 2.05) is 84.9 Å². The topological polar surface area (TPSA) is 51.6 Å². The van der Waals surface area contributed by atoms with Gasteiger partial charge in [-0.25, -0.2) is 15.0 Å². The van der Waals surface area contributed by atoms with E-state index in [-0.39, 0.29) is 0 Å². The fourth-order valence-corrected chi connectivity index (χ4v) is 3.46. The van der Waals surface area contributed by atoms with E-state index in [0.29, 0.717) is 22.5 Å². The van der Waals surface area contributed by atoms with Gasteiger partial charge in [-0.05, 0) is 24.3 Å². The molecule has 0 N–H and O–H groups in total. The Bertz CT molecular complexity index is 1250. The first-order valence-corrected chi connectivity index (χ1v) is 9.58. The van der Waals surface area contributed by atoms with Crippen LogP contribution >= 0.6 is 11.6 Å². The van der Waals surface area contributed by atoms with Crippen molar-refractivity contribution in [3.05, 3.63) is 96.1 Å². The molecule has 0 saturated carbocycles. The Morgan fingerprint density at radius 2 is 1.14 bits per heavy atom. The van der Waals surface area contributed by atoms with Gasteiger partial charge >= 0.3 is 0 Å². The summed E-state index contributed by atoms with van der Waals surface area (Å²) in [6.07, 6.45) is 1.75. The average molecular weight is 395 g/mol. The van der Waals surface area contributed by atoms with E-state index in [0.717, 1.165) is 27.6 Å². The standard InChI is InChI=1S/C24H15ClN4/c25-20-14-13-19(21-18(20)12-7-15-26-21)24-28-22(16-8-3-1-4-9-16)27-23(29-24)17-10-5-2-6-11-17/h1-15H. The molecule has 0 aliphatic heterocycles. The number of aromatic nitrogens is 4. The smallest absolute Gasteiger partial charge is 0.166 e. The molecule has 3 aromatic carbocycles. The van der Waals surface area contributed by atoms with E-state index < -0.39 is 0 Å². The highest BCUT2D eigenvalue weighted by Gasteiger charge is 2.15. The number of nitrogens with zero attached hydrogens (tertiary/aromatic N) is 4. The Balaban J connectivity index is 1.79. The predicted molar refractivity (Wildman–Crippen MR) is 116 cm³/mol. The lowest BCUT2D eigenvalue weighted by atomic mass is 10.1. The minimum atomic E-state index is 0.568. The van der Waals surface area contributed by atoms with Crippen LogP contribution in [0.5, 0.6) is 0 Å². The molecule has 5 aromatic rings. The largest absolute Gasteiger partial charge is 0.255 e. The zero-order valence-electron chi connectivity index (χ0n) is 15.3. The molecule has 0 bridgehead atoms. The number of benzene rings is 3. The Morgan fingerprint density at radius 1 is 0.552 bits per heavy atom. The van der Waals surface area contributed by atoms with Crippen LogP contribution in [0.25, 0.3) is 45.1 Å². The van der Waals surface area contributed by atoms with Crippen molar-refractivity contribution in [1.29, 1.82) is 0 Å². The van der Waals surface area contributed by atoms with Crippen molar-refractivity contribution < 1.29 is 0 Å². The first-order valence-electron chi connectivity index (χ1n) is 9.20. The van der Waals surface area contributed by atoms with Crippen LogP contribution in [0, 0.1) is 0 Å². The summed E-state index contributed by atoms with van der Waals surface area (Å²) < 4.78 is 0. The number of pyridine rings is 1. The molecule has 29 heavy (non-hydrogen) atoms. The lowest BCUT2D eigenvalue weighted by Crippen LogP contribution is -2.00. The van der Waals surface area contributed by atoms with E-state index in [9.17, 15) is 0 Å². The Morgan fingerprint density at radius 3 is 1.76 bits per heavy atom. The van der Waals surface area contributed by atoms with Crippen LogP contribution in [0.4, 0.5) is 0 Å². The molecular weight excluding hydrogens is 380 g/mol. The van der Waals surface area contributed by atoms with Crippen LogP contribution in [0.2, 0.25) is 5.02 Å². The number of fused-ring (bicyclic) bond motifs is 1. The van der Waals surface area contributed by atoms with Crippen molar-refractivity contribution in [3.63, 3.8) is 0 Å². The minimum absolute atomic E-state index is 0.568. The zero-order valence-corrected chi connectivity index (χ0v) is 16.1. The maximum Gasteiger partial charge on any atom is 0.166 e. The fourth-order valence-electron chi connectivity index (χ4n) is 3.25. The third-order valence-electron chi connectivity index (χ3n) is 4.66. The molecule has 0 amide bonds. The first kappa shape index (κ1) is 17.5. The van der Waals surface area contributed by atoms with Crippen LogP contribution in [0.3, 0.4) is 0 Å². The summed E-state index contributed by atoms with van der Waals surface area (Å²) in [4.78, 5) is 18.8. The fraction of sp³-hybridized carbons (Fsp3) is 0. The van der Waals surface area contributed by atoms with Gasteiger partial charge in [-0.15, -0.1) is 0 Å². The molecule has 5 heteroatoms. The van der Waals surface area contributed by atoms with Gasteiger partial charge in [-0.3, -0.25) is 4.98 Å². The molecule has 0 fully saturated rings. The molecule has 0 aliphatic rings. The van der Waals surface area contributed by atoms with Gasteiger partial charge < -0.3 is 0 Å². The van der Waals surface area contributed by atoms with Crippen LogP contribution in [0.15, 0.2) is 91.1 Å². The van der Waals surface area contributed by atoms with Crippen LogP contribution in [0.1, 0.15) is 0 Å². The monoisotopic (exact) mass is 394 g/mol. The SMILES string of the molecule is Clc1ccc(-c2nc(-c3ccccc3)nc(-c3ccccc3)n2)c2ncccc12. The first-order chi connectivity index (χ1) is 14.3. The van der Waals surface area contributed by atoms with Gasteiger partial charge in [-0.1, -0.05) is 72.3 Å². The van der Waals surface area contributed by atoms with Crippen molar-refractivity contribution in [2.75, 3.05) is 0 Å². The summed E-state index contributed by atoms with van der Waals surface area (Å²) in [6, 6.07) is 27.4. The second kappa shape index (κ2) is 7.41. The van der Waals surface area contributed by atoms with Crippen LogP contribution in [-0.2, 0) is 0 Å². The summed E-state index contributed by atoms with van der Waals surface area (Å²) in [5.74, 6) is 1.81. The second-order valence-corrected chi connectivity index (χ2v) is 6.94. The van der Waals surface area contributed by atoms with Crippen molar-refractivity contribution >= 4 is 22.5 Å². The summed E-state index contributed by atoms with van der Waals surface area (Å²) in [5, 5.41) is 1.52. The van der Waals surface area contributed by atoms with Gasteiger partial charge in [0.25, 0.3) is 0 Å². The van der Waals surface area contributed by atoms with Gasteiger partial charge in [0, 0.05) is 28.3 Å². The molecule has 4 nitrogen and oxygen atoms in total. The number of rotatable bonds is 3. The summed E-state index contributed by atoms with van der Waals surface area (Å²) in [5.41, 5.74) is 3.45. The highest BCUT2D eigenvalue weighted by atomic mass is 35.5. The maximum absolute atomic E-state index is 6.38. The third-order valence-corrected chi connectivity index (χ3v) is 4.99. The second-order valence-electron chi connectivity index (χ2n) is 6.53. The van der Waals surface area contributed by atoms with E-state index in [1.165, 1.54) is 0 Å². The van der Waals surface area contributed by atoms with E-state index in [2.05, 4.69) is 4.98 Å². The molecule has 2 heterocycles. The molecule has 0 unspecified atom stereocenters. The summed E-state index contributed by atoms with van der Waals surface area (Å²) in [6.45, 7) is 0. The third kappa shape index (κ3) is 3.35. The molecule has 0 saturated heterocycles. The molecular formula is C24H15ClN4. The van der Waals surface area contributed by atoms with Gasteiger partial charge in [-0.2, -0.15) is 0 Å². The van der Waals surface area contributed by atoms with Gasteiger partial charge in [0.2, 0.25) is 0 Å². The lowest BCUT2D eigenvalue weighted by Gasteiger charge is -2.10. The molecule has 0 atom stereocenters. The zero-order chi connectivity index (χ0) is 19.6. The van der Waals surface area contributed by atoms with E-state index in [1.54, 1.807) is 6.20 Å². The Kier molecular flexibility index (Phi) is 4.47. The predicted octanol–water partition coefficient (Wildman–Crippen LogP) is 6.07. The minimum Gasteiger partial charge on any atom is -0.255 e. The highest BCUT2D eigenvalue weighted by molar-refractivity contribution is 6.35. The van der Waals surface area contributed by atoms with Gasteiger partial charge in [0.15, 0.2) is 17.5 Å². The molecule has 0 spiro atoms. The van der Waals surface area contributed by atoms with Crippen molar-refractivity contribution in [2.45, 2.75) is 0 Å². The molecule has 0 aliphatic carbocycles. The normalized spacial score (nSPS) is 10.9. The molecule has 0 radical (unpaired) electrons. The summed E-state index contributed by atoms with van der Waals surface area (Å²) >= 11 is 6.38. The maximum atomic E-state index is 6.38. The molecule has 2 aromatic heterocycles. The van der Waals surface area contributed by atoms with Gasteiger partial charge in [0.05, 0.1) is 10.5 Å². The quantitative estimate of drug-likeness (QED) is 0.372. The Labute approximate surface area is 172 Å². The van der Waals surface area contributed by atoms with E-state index >= 15 is 0 Å². The van der Waals surface area contributed by atoms with Crippen molar-refractivity contribution in [2.24, 2.45) is 0 Å². The van der Waals surface area contributed by atoms with Gasteiger partial charge in [0.1, 0.15) is 0 Å².